The lowest BCUT2D eigenvalue weighted by molar-refractivity contribution is -0.154. The number of esters is 1. The molecule has 8 nitrogen and oxygen atoms in total. The molecular formula is C34H47N3O5S. The van der Waals surface area contributed by atoms with E-state index in [1.54, 1.807) is 11.8 Å². The second kappa shape index (κ2) is 14.6. The molecule has 2 heterocycles. The van der Waals surface area contributed by atoms with Crippen molar-refractivity contribution in [3.05, 3.63) is 60.2 Å². The summed E-state index contributed by atoms with van der Waals surface area (Å²) < 4.78 is 11.0. The Kier molecular flexibility index (Phi) is 11.2. The SMILES string of the molecule is CCOC(=O)[C@H](CCCCC1CCN(C(=O)OCc2ccccc2)CC1)[C@@H]1C(=O)Nc2ccccc2SC1(N)C(C)(C)C. The van der Waals surface area contributed by atoms with Gasteiger partial charge < -0.3 is 25.4 Å². The van der Waals surface area contributed by atoms with Crippen LogP contribution in [0, 0.1) is 23.2 Å². The third-order valence-electron chi connectivity index (χ3n) is 8.79. The van der Waals surface area contributed by atoms with Crippen LogP contribution in [0.5, 0.6) is 0 Å². The van der Waals surface area contributed by atoms with Crippen molar-refractivity contribution in [3.63, 3.8) is 0 Å². The lowest BCUT2D eigenvalue weighted by Crippen LogP contribution is -2.60. The number of thioether (sulfide) groups is 1. The van der Waals surface area contributed by atoms with Crippen LogP contribution in [0.15, 0.2) is 59.5 Å². The first-order valence-electron chi connectivity index (χ1n) is 15.5. The summed E-state index contributed by atoms with van der Waals surface area (Å²) in [6.07, 6.45) is 4.83. The van der Waals surface area contributed by atoms with Crippen molar-refractivity contribution in [2.45, 2.75) is 82.6 Å². The number of likely N-dealkylation sites (tertiary alicyclic amines) is 1. The first kappa shape index (κ1) is 32.9. The maximum atomic E-state index is 13.8. The topological polar surface area (TPSA) is 111 Å². The van der Waals surface area contributed by atoms with Crippen molar-refractivity contribution >= 4 is 35.4 Å². The zero-order valence-corrected chi connectivity index (χ0v) is 26.8. The lowest BCUT2D eigenvalue weighted by atomic mass is 9.71. The molecule has 234 valence electrons. The van der Waals surface area contributed by atoms with E-state index in [2.05, 4.69) is 5.32 Å². The van der Waals surface area contributed by atoms with Crippen molar-refractivity contribution in [2.24, 2.45) is 28.9 Å². The van der Waals surface area contributed by atoms with Crippen LogP contribution >= 0.6 is 11.8 Å². The number of nitrogens with one attached hydrogen (secondary N) is 1. The molecule has 43 heavy (non-hydrogen) atoms. The first-order chi connectivity index (χ1) is 20.5. The standard InChI is InChI=1S/C34H47N3O5S/c1-5-41-31(39)26(29-30(38)36-27-17-11-12-18-28(27)43-34(29,35)33(2,3)4)16-10-9-13-24-19-21-37(22-20-24)32(40)42-23-25-14-7-6-8-15-25/h6-8,11-12,14-15,17-18,24,26,29H,5,9-10,13,16,19-23,35H2,1-4H3,(H,36,38)/t26-,29-,34?/m1/s1. The Bertz CT molecular complexity index is 1240. The van der Waals surface area contributed by atoms with Gasteiger partial charge in [-0.15, -0.1) is 11.8 Å². The van der Waals surface area contributed by atoms with E-state index in [9.17, 15) is 14.4 Å². The van der Waals surface area contributed by atoms with E-state index in [1.807, 2.05) is 75.4 Å². The number of benzene rings is 2. The highest BCUT2D eigenvalue weighted by atomic mass is 32.2. The van der Waals surface area contributed by atoms with Crippen LogP contribution in [0.3, 0.4) is 0 Å². The van der Waals surface area contributed by atoms with E-state index in [0.717, 1.165) is 48.3 Å². The Morgan fingerprint density at radius 1 is 1.05 bits per heavy atom. The number of amides is 2. The fourth-order valence-electron chi connectivity index (χ4n) is 6.09. The fraction of sp³-hybridized carbons (Fsp3) is 0.559. The number of rotatable bonds is 10. The minimum Gasteiger partial charge on any atom is -0.466 e. The predicted molar refractivity (Wildman–Crippen MR) is 170 cm³/mol. The van der Waals surface area contributed by atoms with Crippen molar-refractivity contribution in [3.8, 4) is 0 Å². The number of carbonyl (C=O) groups is 3. The number of carbonyl (C=O) groups excluding carboxylic acids is 3. The van der Waals surface area contributed by atoms with Crippen LogP contribution in [0.1, 0.15) is 71.8 Å². The molecule has 0 saturated carbocycles. The van der Waals surface area contributed by atoms with Crippen LogP contribution < -0.4 is 11.1 Å². The number of hydrogen-bond donors (Lipinski definition) is 2. The molecule has 2 aliphatic heterocycles. The molecule has 0 aromatic heterocycles. The molecule has 0 aliphatic carbocycles. The van der Waals surface area contributed by atoms with Gasteiger partial charge in [-0.3, -0.25) is 9.59 Å². The van der Waals surface area contributed by atoms with Gasteiger partial charge in [0, 0.05) is 18.0 Å². The molecule has 1 unspecified atom stereocenters. The molecule has 3 atom stereocenters. The number of anilines is 1. The van der Waals surface area contributed by atoms with Crippen molar-refractivity contribution in [1.82, 2.24) is 4.90 Å². The van der Waals surface area contributed by atoms with E-state index in [1.165, 1.54) is 11.8 Å². The molecule has 2 aromatic carbocycles. The summed E-state index contributed by atoms with van der Waals surface area (Å²) in [6, 6.07) is 17.4. The van der Waals surface area contributed by atoms with Crippen LogP contribution in [0.4, 0.5) is 10.5 Å². The number of unbranched alkanes of at least 4 members (excludes halogenated alkanes) is 1. The quantitative estimate of drug-likeness (QED) is 0.224. The molecule has 0 bridgehead atoms. The maximum absolute atomic E-state index is 13.8. The first-order valence-corrected chi connectivity index (χ1v) is 16.3. The normalized spacial score (nSPS) is 21.7. The van der Waals surface area contributed by atoms with Gasteiger partial charge in [0.15, 0.2) is 0 Å². The van der Waals surface area contributed by atoms with Gasteiger partial charge in [0.2, 0.25) is 5.91 Å². The molecular weight excluding hydrogens is 562 g/mol. The lowest BCUT2D eigenvalue weighted by Gasteiger charge is -2.46. The van der Waals surface area contributed by atoms with Crippen molar-refractivity contribution < 1.29 is 23.9 Å². The number of fused-ring (bicyclic) bond motifs is 1. The zero-order valence-electron chi connectivity index (χ0n) is 26.0. The van der Waals surface area contributed by atoms with E-state index >= 15 is 0 Å². The van der Waals surface area contributed by atoms with Gasteiger partial charge in [-0.25, -0.2) is 4.79 Å². The Morgan fingerprint density at radius 3 is 2.40 bits per heavy atom. The summed E-state index contributed by atoms with van der Waals surface area (Å²) >= 11 is 1.47. The number of hydrogen-bond acceptors (Lipinski definition) is 7. The van der Waals surface area contributed by atoms with Crippen molar-refractivity contribution in [2.75, 3.05) is 25.0 Å². The van der Waals surface area contributed by atoms with Crippen molar-refractivity contribution in [1.29, 1.82) is 0 Å². The van der Waals surface area contributed by atoms with Gasteiger partial charge in [0.25, 0.3) is 0 Å². The van der Waals surface area contributed by atoms with Gasteiger partial charge in [-0.05, 0) is 55.2 Å². The number of nitrogens with zero attached hydrogens (tertiary/aromatic N) is 1. The number of para-hydroxylation sites is 1. The third-order valence-corrected chi connectivity index (χ3v) is 10.6. The summed E-state index contributed by atoms with van der Waals surface area (Å²) in [7, 11) is 0. The Hall–Kier alpha value is -3.04. The van der Waals surface area contributed by atoms with Gasteiger partial charge in [0.1, 0.15) is 6.61 Å². The number of piperidine rings is 1. The largest absolute Gasteiger partial charge is 0.466 e. The van der Waals surface area contributed by atoms with Crippen LogP contribution in [-0.4, -0.2) is 47.4 Å². The molecule has 2 aliphatic rings. The number of ether oxygens (including phenoxy) is 2. The minimum atomic E-state index is -1.04. The highest BCUT2D eigenvalue weighted by Crippen LogP contribution is 2.53. The van der Waals surface area contributed by atoms with E-state index < -0.39 is 22.1 Å². The zero-order chi connectivity index (χ0) is 31.0. The van der Waals surface area contributed by atoms with Crippen LogP contribution in [0.2, 0.25) is 0 Å². The molecule has 2 aromatic rings. The average Bonchev–Trinajstić information content (AvgIpc) is 3.10. The molecule has 4 rings (SSSR count). The monoisotopic (exact) mass is 609 g/mol. The van der Waals surface area contributed by atoms with Gasteiger partial charge in [-0.1, -0.05) is 82.5 Å². The van der Waals surface area contributed by atoms with E-state index in [0.29, 0.717) is 25.4 Å². The second-order valence-corrected chi connectivity index (χ2v) is 14.0. The Labute approximate surface area is 260 Å². The van der Waals surface area contributed by atoms with E-state index in [4.69, 9.17) is 15.2 Å². The molecule has 9 heteroatoms. The average molecular weight is 610 g/mol. The third kappa shape index (κ3) is 8.12. The second-order valence-electron chi connectivity index (χ2n) is 12.7. The molecule has 0 spiro atoms. The van der Waals surface area contributed by atoms with Gasteiger partial charge in [0.05, 0.1) is 29.0 Å². The fourth-order valence-corrected chi connectivity index (χ4v) is 7.54. The molecule has 1 saturated heterocycles. The summed E-state index contributed by atoms with van der Waals surface area (Å²) in [5.74, 6) is -1.52. The summed E-state index contributed by atoms with van der Waals surface area (Å²) in [5, 5.41) is 3.06. The Morgan fingerprint density at radius 2 is 1.72 bits per heavy atom. The smallest absolute Gasteiger partial charge is 0.410 e. The summed E-state index contributed by atoms with van der Waals surface area (Å²) in [5.41, 5.74) is 8.39. The maximum Gasteiger partial charge on any atom is 0.410 e. The minimum absolute atomic E-state index is 0.237. The van der Waals surface area contributed by atoms with E-state index in [-0.39, 0.29) is 31.2 Å². The molecule has 1 fully saturated rings. The number of nitrogens with two attached hydrogens (primary N) is 1. The highest BCUT2D eigenvalue weighted by molar-refractivity contribution is 8.01. The van der Waals surface area contributed by atoms with Crippen LogP contribution in [-0.2, 0) is 25.7 Å². The highest BCUT2D eigenvalue weighted by Gasteiger charge is 2.55. The molecule has 3 N–H and O–H groups in total. The van der Waals surface area contributed by atoms with Gasteiger partial charge in [-0.2, -0.15) is 0 Å². The van der Waals surface area contributed by atoms with Crippen LogP contribution in [0.25, 0.3) is 0 Å². The van der Waals surface area contributed by atoms with Gasteiger partial charge >= 0.3 is 12.1 Å². The summed E-state index contributed by atoms with van der Waals surface area (Å²) in [4.78, 5) is 41.4. The predicted octanol–water partition coefficient (Wildman–Crippen LogP) is 6.84. The summed E-state index contributed by atoms with van der Waals surface area (Å²) in [6.45, 7) is 9.77. The molecule has 0 radical (unpaired) electrons. The molecule has 2 amide bonds. The Balaban J connectivity index is 1.34.